The Kier molecular flexibility index (Phi) is 4.54. The van der Waals surface area contributed by atoms with Gasteiger partial charge >= 0.3 is 0 Å². The van der Waals surface area contributed by atoms with Crippen LogP contribution in [0.4, 0.5) is 10.2 Å². The molecule has 0 saturated heterocycles. The van der Waals surface area contributed by atoms with E-state index in [4.69, 9.17) is 0 Å². The van der Waals surface area contributed by atoms with Gasteiger partial charge in [0.15, 0.2) is 0 Å². The van der Waals surface area contributed by atoms with Gasteiger partial charge in [-0.25, -0.2) is 9.07 Å². The van der Waals surface area contributed by atoms with Gasteiger partial charge in [-0.15, -0.1) is 0 Å². The van der Waals surface area contributed by atoms with Gasteiger partial charge in [0.05, 0.1) is 17.1 Å². The van der Waals surface area contributed by atoms with E-state index < -0.39 is 0 Å². The Morgan fingerprint density at radius 2 is 2.20 bits per heavy atom. The number of rotatable bonds is 4. The molecule has 2 aromatic rings. The van der Waals surface area contributed by atoms with Crippen LogP contribution in [0.25, 0.3) is 0 Å². The molecule has 2 rings (SSSR count). The Labute approximate surface area is 125 Å². The van der Waals surface area contributed by atoms with Gasteiger partial charge in [0.25, 0.3) is 0 Å². The molecule has 0 aliphatic heterocycles. The molecule has 1 aromatic carbocycles. The van der Waals surface area contributed by atoms with Crippen molar-refractivity contribution in [2.75, 3.05) is 5.32 Å². The quantitative estimate of drug-likeness (QED) is 0.925. The van der Waals surface area contributed by atoms with Crippen LogP contribution in [0.2, 0.25) is 0 Å². The summed E-state index contributed by atoms with van der Waals surface area (Å²) in [4.78, 5) is 12.0. The lowest BCUT2D eigenvalue weighted by Crippen LogP contribution is -2.18. The SMILES string of the molecule is CC(C)n1nccc1NC(=O)Cc1ccc(F)c(Br)c1. The number of hydrogen-bond donors (Lipinski definition) is 1. The fourth-order valence-corrected chi connectivity index (χ4v) is 2.27. The van der Waals surface area contributed by atoms with E-state index in [9.17, 15) is 9.18 Å². The largest absolute Gasteiger partial charge is 0.311 e. The highest BCUT2D eigenvalue weighted by atomic mass is 79.9. The third kappa shape index (κ3) is 3.45. The average Bonchev–Trinajstić information content (AvgIpc) is 2.82. The number of aromatic nitrogens is 2. The normalized spacial score (nSPS) is 10.8. The van der Waals surface area contributed by atoms with Crippen molar-refractivity contribution >= 4 is 27.7 Å². The Hall–Kier alpha value is -1.69. The summed E-state index contributed by atoms with van der Waals surface area (Å²) >= 11 is 3.11. The van der Waals surface area contributed by atoms with Crippen molar-refractivity contribution in [2.45, 2.75) is 26.3 Å². The van der Waals surface area contributed by atoms with E-state index in [0.29, 0.717) is 10.3 Å². The van der Waals surface area contributed by atoms with Crippen molar-refractivity contribution in [1.82, 2.24) is 9.78 Å². The molecule has 0 saturated carbocycles. The predicted molar refractivity (Wildman–Crippen MR) is 79.0 cm³/mol. The first-order chi connectivity index (χ1) is 9.47. The molecular formula is C14H15BrFN3O. The zero-order valence-corrected chi connectivity index (χ0v) is 12.8. The number of hydrogen-bond acceptors (Lipinski definition) is 2. The van der Waals surface area contributed by atoms with E-state index >= 15 is 0 Å². The minimum absolute atomic E-state index is 0.161. The molecule has 0 spiro atoms. The fourth-order valence-electron chi connectivity index (χ4n) is 1.85. The highest BCUT2D eigenvalue weighted by molar-refractivity contribution is 9.10. The standard InChI is InChI=1S/C14H15BrFN3O/c1-9(2)19-13(5-6-17-19)18-14(20)8-10-3-4-12(16)11(15)7-10/h3-7,9H,8H2,1-2H3,(H,18,20). The Morgan fingerprint density at radius 1 is 1.45 bits per heavy atom. The molecule has 0 atom stereocenters. The number of carbonyl (C=O) groups excluding carboxylic acids is 1. The van der Waals surface area contributed by atoms with E-state index in [1.165, 1.54) is 6.07 Å². The fraction of sp³-hybridized carbons (Fsp3) is 0.286. The maximum Gasteiger partial charge on any atom is 0.229 e. The van der Waals surface area contributed by atoms with E-state index in [1.54, 1.807) is 29.1 Å². The Balaban J connectivity index is 2.05. The van der Waals surface area contributed by atoms with Gasteiger partial charge in [0, 0.05) is 12.1 Å². The summed E-state index contributed by atoms with van der Waals surface area (Å²) in [6.45, 7) is 3.97. The molecule has 20 heavy (non-hydrogen) atoms. The lowest BCUT2D eigenvalue weighted by molar-refractivity contribution is -0.115. The second kappa shape index (κ2) is 6.17. The lowest BCUT2D eigenvalue weighted by atomic mass is 10.1. The molecule has 0 fully saturated rings. The first kappa shape index (κ1) is 14.7. The molecule has 4 nitrogen and oxygen atoms in total. The summed E-state index contributed by atoms with van der Waals surface area (Å²) in [5, 5.41) is 6.95. The molecule has 0 unspecified atom stereocenters. The van der Waals surface area contributed by atoms with Gasteiger partial charge in [-0.2, -0.15) is 5.10 Å². The van der Waals surface area contributed by atoms with E-state index in [0.717, 1.165) is 5.56 Å². The highest BCUT2D eigenvalue weighted by Gasteiger charge is 2.10. The summed E-state index contributed by atoms with van der Waals surface area (Å²) in [6.07, 6.45) is 1.83. The van der Waals surface area contributed by atoms with Crippen LogP contribution in [-0.4, -0.2) is 15.7 Å². The van der Waals surface area contributed by atoms with Crippen molar-refractivity contribution < 1.29 is 9.18 Å². The number of halogens is 2. The maximum absolute atomic E-state index is 13.1. The molecule has 6 heteroatoms. The monoisotopic (exact) mass is 339 g/mol. The molecule has 1 N–H and O–H groups in total. The summed E-state index contributed by atoms with van der Waals surface area (Å²) in [6, 6.07) is 6.46. The van der Waals surface area contributed by atoms with Crippen molar-refractivity contribution in [3.63, 3.8) is 0 Å². The molecule has 0 aliphatic rings. The molecule has 0 bridgehead atoms. The zero-order valence-electron chi connectivity index (χ0n) is 11.2. The summed E-state index contributed by atoms with van der Waals surface area (Å²) in [5.41, 5.74) is 0.742. The first-order valence-corrected chi connectivity index (χ1v) is 7.04. The van der Waals surface area contributed by atoms with Gasteiger partial charge in [0.1, 0.15) is 11.6 Å². The number of carbonyl (C=O) groups is 1. The van der Waals surface area contributed by atoms with Crippen molar-refractivity contribution in [3.8, 4) is 0 Å². The van der Waals surface area contributed by atoms with Crippen molar-refractivity contribution in [3.05, 3.63) is 46.3 Å². The van der Waals surface area contributed by atoms with Crippen LogP contribution in [-0.2, 0) is 11.2 Å². The van der Waals surface area contributed by atoms with Gasteiger partial charge in [-0.1, -0.05) is 6.07 Å². The molecule has 106 valence electrons. The van der Waals surface area contributed by atoms with Gasteiger partial charge in [-0.3, -0.25) is 4.79 Å². The third-order valence-corrected chi connectivity index (χ3v) is 3.38. The van der Waals surface area contributed by atoms with E-state index in [1.807, 2.05) is 13.8 Å². The summed E-state index contributed by atoms with van der Waals surface area (Å²) < 4.78 is 15.2. The number of benzene rings is 1. The van der Waals surface area contributed by atoms with Crippen molar-refractivity contribution in [1.29, 1.82) is 0 Å². The number of anilines is 1. The molecular weight excluding hydrogens is 325 g/mol. The van der Waals surface area contributed by atoms with Crippen LogP contribution in [0.5, 0.6) is 0 Å². The minimum Gasteiger partial charge on any atom is -0.311 e. The molecule has 0 aliphatic carbocycles. The van der Waals surface area contributed by atoms with E-state index in [-0.39, 0.29) is 24.2 Å². The predicted octanol–water partition coefficient (Wildman–Crippen LogP) is 3.55. The summed E-state index contributed by atoms with van der Waals surface area (Å²) in [7, 11) is 0. The molecule has 1 aromatic heterocycles. The van der Waals surface area contributed by atoms with E-state index in [2.05, 4.69) is 26.3 Å². The van der Waals surface area contributed by atoms with Crippen LogP contribution < -0.4 is 5.32 Å². The zero-order chi connectivity index (χ0) is 14.7. The van der Waals surface area contributed by atoms with Gasteiger partial charge in [-0.05, 0) is 47.5 Å². The van der Waals surface area contributed by atoms with Gasteiger partial charge in [0.2, 0.25) is 5.91 Å². The van der Waals surface area contributed by atoms with Gasteiger partial charge < -0.3 is 5.32 Å². The van der Waals surface area contributed by atoms with Crippen LogP contribution in [0.3, 0.4) is 0 Å². The summed E-state index contributed by atoms with van der Waals surface area (Å²) in [5.74, 6) is 0.157. The second-order valence-electron chi connectivity index (χ2n) is 4.73. The third-order valence-electron chi connectivity index (χ3n) is 2.78. The average molecular weight is 340 g/mol. The van der Waals surface area contributed by atoms with Crippen LogP contribution in [0, 0.1) is 5.82 Å². The Bertz CT molecular complexity index is 625. The topological polar surface area (TPSA) is 46.9 Å². The van der Waals surface area contributed by atoms with Crippen LogP contribution in [0.1, 0.15) is 25.5 Å². The Morgan fingerprint density at radius 3 is 2.85 bits per heavy atom. The minimum atomic E-state index is -0.341. The molecule has 0 radical (unpaired) electrons. The molecule has 1 amide bonds. The number of nitrogens with zero attached hydrogens (tertiary/aromatic N) is 2. The van der Waals surface area contributed by atoms with Crippen LogP contribution >= 0.6 is 15.9 Å². The van der Waals surface area contributed by atoms with Crippen molar-refractivity contribution in [2.24, 2.45) is 0 Å². The first-order valence-electron chi connectivity index (χ1n) is 6.24. The lowest BCUT2D eigenvalue weighted by Gasteiger charge is -2.11. The second-order valence-corrected chi connectivity index (χ2v) is 5.58. The highest BCUT2D eigenvalue weighted by Crippen LogP contribution is 2.18. The smallest absolute Gasteiger partial charge is 0.229 e. The van der Waals surface area contributed by atoms with Crippen LogP contribution in [0.15, 0.2) is 34.9 Å². The maximum atomic E-state index is 13.1. The number of amides is 1. The molecule has 1 heterocycles. The number of nitrogens with one attached hydrogen (secondary N) is 1.